The van der Waals surface area contributed by atoms with Gasteiger partial charge in [-0.05, 0) is 88.9 Å². The summed E-state index contributed by atoms with van der Waals surface area (Å²) < 4.78 is 0. The van der Waals surface area contributed by atoms with E-state index in [9.17, 15) is 0 Å². The molecule has 3 rings (SSSR count). The Bertz CT molecular complexity index is 855. The Morgan fingerprint density at radius 3 is 1.61 bits per heavy atom. The van der Waals surface area contributed by atoms with Crippen LogP contribution in [0.3, 0.4) is 0 Å². The molecule has 0 unspecified atom stereocenters. The van der Waals surface area contributed by atoms with Crippen LogP contribution in [0.1, 0.15) is 52.8 Å². The number of allylic oxidation sites excluding steroid dienone is 2. The summed E-state index contributed by atoms with van der Waals surface area (Å²) >= 11 is 3.66. The first-order valence-corrected chi connectivity index (χ1v) is 10.8. The molecule has 1 aliphatic rings. The number of halogens is 1. The van der Waals surface area contributed by atoms with Crippen LogP contribution in [-0.2, 0) is 21.6 Å². The number of aryl methyl sites for hydroxylation is 6. The monoisotopic (exact) mass is 445 g/mol. The maximum absolute atomic E-state index is 4.20. The van der Waals surface area contributed by atoms with Crippen molar-refractivity contribution in [1.29, 1.82) is 0 Å². The average Bonchev–Trinajstić information content (AvgIpc) is 2.87. The van der Waals surface area contributed by atoms with Gasteiger partial charge in [0.1, 0.15) is 0 Å². The van der Waals surface area contributed by atoms with Gasteiger partial charge < -0.3 is 9.80 Å². The molecule has 0 amide bonds. The average molecular weight is 447 g/mol. The van der Waals surface area contributed by atoms with Gasteiger partial charge in [0.05, 0.1) is 0 Å². The molecule has 0 N–H and O–H groups in total. The Balaban J connectivity index is 0.00000136. The molecule has 2 aromatic carbocycles. The number of hydrogen-bond acceptors (Lipinski definition) is 2. The molecule has 1 heterocycles. The van der Waals surface area contributed by atoms with E-state index in [0.717, 1.165) is 6.54 Å². The van der Waals surface area contributed by atoms with Crippen molar-refractivity contribution in [2.24, 2.45) is 0 Å². The zero-order chi connectivity index (χ0) is 21.2. The van der Waals surface area contributed by atoms with Gasteiger partial charge in [-0.15, -0.1) is 0 Å². The number of anilines is 1. The molecular weight excluding hydrogens is 415 g/mol. The molecule has 0 aromatic heterocycles. The van der Waals surface area contributed by atoms with E-state index in [0.29, 0.717) is 0 Å². The van der Waals surface area contributed by atoms with Crippen molar-refractivity contribution in [2.75, 3.05) is 4.90 Å². The Morgan fingerprint density at radius 1 is 0.714 bits per heavy atom. The first-order valence-electron chi connectivity index (χ1n) is 9.53. The summed E-state index contributed by atoms with van der Waals surface area (Å²) in [5.41, 5.74) is 13.4. The van der Waals surface area contributed by atoms with Crippen LogP contribution >= 0.6 is 10.1 Å². The third-order valence-corrected chi connectivity index (χ3v) is 5.62. The van der Waals surface area contributed by atoms with Crippen LogP contribution in [0.2, 0.25) is 0 Å². The van der Waals surface area contributed by atoms with E-state index in [1.807, 2.05) is 0 Å². The number of rotatable bonds is 3. The molecular formula is C24H31ClCuN2. The van der Waals surface area contributed by atoms with E-state index >= 15 is 0 Å². The van der Waals surface area contributed by atoms with E-state index in [1.54, 1.807) is 0 Å². The Hall–Kier alpha value is -1.41. The predicted molar refractivity (Wildman–Crippen MR) is 118 cm³/mol. The van der Waals surface area contributed by atoms with Crippen LogP contribution in [0.5, 0.6) is 0 Å². The molecule has 1 aliphatic heterocycles. The molecule has 28 heavy (non-hydrogen) atoms. The van der Waals surface area contributed by atoms with Crippen molar-refractivity contribution >= 4 is 15.8 Å². The number of benzene rings is 2. The Labute approximate surface area is 183 Å². The van der Waals surface area contributed by atoms with Gasteiger partial charge in [0, 0.05) is 17.9 Å². The molecule has 0 saturated heterocycles. The van der Waals surface area contributed by atoms with E-state index < -0.39 is 0 Å². The normalized spacial score (nSPS) is 13.8. The van der Waals surface area contributed by atoms with E-state index in [-0.39, 0.29) is 0 Å². The molecule has 0 saturated carbocycles. The summed E-state index contributed by atoms with van der Waals surface area (Å²) in [6.45, 7) is 20.9. The van der Waals surface area contributed by atoms with Gasteiger partial charge in [0.15, 0.2) is 0 Å². The zero-order valence-electron chi connectivity index (χ0n) is 18.2. The fourth-order valence-electron chi connectivity index (χ4n) is 4.26. The molecule has 2 aromatic rings. The van der Waals surface area contributed by atoms with Gasteiger partial charge in [0.2, 0.25) is 0 Å². The van der Waals surface area contributed by atoms with Crippen molar-refractivity contribution in [3.63, 3.8) is 0 Å². The van der Waals surface area contributed by atoms with Crippen molar-refractivity contribution in [1.82, 2.24) is 4.90 Å². The van der Waals surface area contributed by atoms with Gasteiger partial charge in [-0.25, -0.2) is 0 Å². The summed E-state index contributed by atoms with van der Waals surface area (Å²) in [6.07, 6.45) is 0. The summed E-state index contributed by atoms with van der Waals surface area (Å²) in [5, 5.41) is 0. The molecule has 0 aliphatic carbocycles. The van der Waals surface area contributed by atoms with Gasteiger partial charge in [-0.2, -0.15) is 6.67 Å². The second-order valence-electron chi connectivity index (χ2n) is 7.91. The second kappa shape index (κ2) is 9.39. The van der Waals surface area contributed by atoms with Gasteiger partial charge in [-0.1, -0.05) is 35.4 Å². The molecule has 0 spiro atoms. The molecule has 2 nitrogen and oxygen atoms in total. The van der Waals surface area contributed by atoms with Gasteiger partial charge in [-0.3, -0.25) is 0 Å². The van der Waals surface area contributed by atoms with E-state index in [4.69, 9.17) is 0 Å². The molecule has 0 fully saturated rings. The van der Waals surface area contributed by atoms with Crippen LogP contribution in [0.25, 0.3) is 0 Å². The number of nitrogens with zero attached hydrogens (tertiary/aromatic N) is 2. The van der Waals surface area contributed by atoms with Gasteiger partial charge in [0.25, 0.3) is 0 Å². The summed E-state index contributed by atoms with van der Waals surface area (Å²) in [5.74, 6) is 0. The quantitative estimate of drug-likeness (QED) is 0.373. The van der Waals surface area contributed by atoms with Crippen LogP contribution < -0.4 is 4.90 Å². The first kappa shape index (κ1) is 22.9. The molecule has 0 bridgehead atoms. The summed E-state index contributed by atoms with van der Waals surface area (Å²) in [4.78, 5) is 4.75. The summed E-state index contributed by atoms with van der Waals surface area (Å²) in [7, 11) is 4.20. The standard InChI is InChI=1S/C24H31N2.ClH.Cu/c1-15-9-17(3)23(18(4)10-15)13-25-14-26(22(8)21(25)7)24-19(5)11-16(2)12-20(24)6;;/h9-12,14H,13H2,1-8H3;1H;/q-1;;+2/p-1. The topological polar surface area (TPSA) is 6.48 Å². The molecule has 0 radical (unpaired) electrons. The predicted octanol–water partition coefficient (Wildman–Crippen LogP) is 6.92. The van der Waals surface area contributed by atoms with Crippen LogP contribution in [0.4, 0.5) is 5.69 Å². The maximum atomic E-state index is 4.20. The van der Waals surface area contributed by atoms with Crippen molar-refractivity contribution < 1.29 is 15.1 Å². The minimum absolute atomic E-state index is 0.918. The first-order chi connectivity index (χ1) is 13.2. The van der Waals surface area contributed by atoms with E-state index in [2.05, 4.69) is 121 Å². The molecule has 0 atom stereocenters. The van der Waals surface area contributed by atoms with Crippen LogP contribution in [-0.4, -0.2) is 4.90 Å². The van der Waals surface area contributed by atoms with Crippen molar-refractivity contribution in [2.45, 2.75) is 61.9 Å². The molecule has 155 valence electrons. The van der Waals surface area contributed by atoms with Crippen LogP contribution in [0.15, 0.2) is 35.7 Å². The van der Waals surface area contributed by atoms with Crippen LogP contribution in [0, 0.1) is 48.2 Å². The Kier molecular flexibility index (Phi) is 7.67. The fraction of sp³-hybridized carbons (Fsp3) is 0.375. The van der Waals surface area contributed by atoms with Gasteiger partial charge >= 0.3 is 25.2 Å². The zero-order valence-corrected chi connectivity index (χ0v) is 19.9. The SMILES string of the molecule is CC1=C(C)N(c2c(C)cc(C)cc2C)[CH-]N1Cc1c(C)cc(C)cc1C.[Cl][Cu+]. The Morgan fingerprint density at radius 2 is 1.14 bits per heavy atom. The third-order valence-electron chi connectivity index (χ3n) is 5.62. The fourth-order valence-corrected chi connectivity index (χ4v) is 4.26. The molecule has 4 heteroatoms. The van der Waals surface area contributed by atoms with Crippen molar-refractivity contribution in [3.05, 3.63) is 81.3 Å². The summed E-state index contributed by atoms with van der Waals surface area (Å²) in [6, 6.07) is 9.12. The van der Waals surface area contributed by atoms with E-state index in [1.165, 1.54) is 56.0 Å². The van der Waals surface area contributed by atoms with Crippen molar-refractivity contribution in [3.8, 4) is 0 Å². The second-order valence-corrected chi connectivity index (χ2v) is 7.91. The number of hydrogen-bond donors (Lipinski definition) is 0. The minimum atomic E-state index is 0.918. The third kappa shape index (κ3) is 4.59.